The number of para-hydroxylation sites is 1. The predicted octanol–water partition coefficient (Wildman–Crippen LogP) is 2.00. The Bertz CT molecular complexity index is 909. The fraction of sp³-hybridized carbons (Fsp3) is 0.278. The van der Waals surface area contributed by atoms with E-state index in [1.54, 1.807) is 19.1 Å². The number of fused-ring (bicyclic) bond motifs is 1. The van der Waals surface area contributed by atoms with Crippen LogP contribution in [-0.2, 0) is 21.2 Å². The second-order valence-electron chi connectivity index (χ2n) is 5.99. The van der Waals surface area contributed by atoms with Crippen LogP contribution in [0.3, 0.4) is 0 Å². The summed E-state index contributed by atoms with van der Waals surface area (Å²) < 4.78 is 32.9. The first-order chi connectivity index (χ1) is 11.9. The molecule has 3 rings (SSSR count). The smallest absolute Gasteiger partial charge is 0.264 e. The van der Waals surface area contributed by atoms with E-state index >= 15 is 0 Å². The van der Waals surface area contributed by atoms with E-state index < -0.39 is 15.9 Å². The highest BCUT2D eigenvalue weighted by Crippen LogP contribution is 2.32. The molecule has 1 amide bonds. The number of hydrogen-bond donors (Lipinski definition) is 1. The van der Waals surface area contributed by atoms with Gasteiger partial charge in [-0.05, 0) is 55.2 Å². The number of amides is 1. The molecular weight excluding hydrogens is 340 g/mol. The van der Waals surface area contributed by atoms with Crippen molar-refractivity contribution >= 4 is 21.6 Å². The van der Waals surface area contributed by atoms with Gasteiger partial charge in [-0.25, -0.2) is 8.42 Å². The average Bonchev–Trinajstić information content (AvgIpc) is 2.60. The van der Waals surface area contributed by atoms with Crippen molar-refractivity contribution in [3.05, 3.63) is 53.6 Å². The van der Waals surface area contributed by atoms with Crippen molar-refractivity contribution in [2.75, 3.05) is 17.5 Å². The van der Waals surface area contributed by atoms with Crippen LogP contribution in [0.1, 0.15) is 17.5 Å². The third-order valence-corrected chi connectivity index (χ3v) is 5.98. The standard InChI is InChI=1S/C18H20N2O4S/c1-13-11-15(8-9-17(13)24-12-18(19)21)25(22,23)20-10-4-6-14-5-2-3-7-16(14)20/h2-3,5,7-9,11H,4,6,10,12H2,1H3,(H2,19,21). The zero-order valence-electron chi connectivity index (χ0n) is 13.9. The van der Waals surface area contributed by atoms with E-state index in [0.29, 0.717) is 17.9 Å². The number of primary amides is 1. The Kier molecular flexibility index (Phi) is 4.67. The largest absolute Gasteiger partial charge is 0.484 e. The van der Waals surface area contributed by atoms with Gasteiger partial charge < -0.3 is 10.5 Å². The second kappa shape index (κ2) is 6.76. The Morgan fingerprint density at radius 1 is 1.24 bits per heavy atom. The molecule has 2 aromatic rings. The van der Waals surface area contributed by atoms with E-state index in [0.717, 1.165) is 24.1 Å². The Morgan fingerprint density at radius 3 is 2.72 bits per heavy atom. The maximum Gasteiger partial charge on any atom is 0.264 e. The third kappa shape index (κ3) is 3.46. The molecule has 0 unspecified atom stereocenters. The lowest BCUT2D eigenvalue weighted by Gasteiger charge is -2.30. The topological polar surface area (TPSA) is 89.7 Å². The number of anilines is 1. The normalized spacial score (nSPS) is 14.0. The number of nitrogens with zero attached hydrogens (tertiary/aromatic N) is 1. The Hall–Kier alpha value is -2.54. The molecule has 2 aromatic carbocycles. The Morgan fingerprint density at radius 2 is 2.00 bits per heavy atom. The molecule has 25 heavy (non-hydrogen) atoms. The minimum absolute atomic E-state index is 0.202. The Balaban J connectivity index is 1.93. The van der Waals surface area contributed by atoms with Crippen molar-refractivity contribution in [2.45, 2.75) is 24.7 Å². The lowest BCUT2D eigenvalue weighted by Crippen LogP contribution is -2.35. The highest BCUT2D eigenvalue weighted by Gasteiger charge is 2.29. The lowest BCUT2D eigenvalue weighted by atomic mass is 10.0. The molecule has 0 fully saturated rings. The maximum absolute atomic E-state index is 13.1. The zero-order valence-corrected chi connectivity index (χ0v) is 14.8. The van der Waals surface area contributed by atoms with Gasteiger partial charge in [0.1, 0.15) is 5.75 Å². The highest BCUT2D eigenvalue weighted by molar-refractivity contribution is 7.92. The van der Waals surface area contributed by atoms with E-state index in [2.05, 4.69) is 0 Å². The molecular formula is C18H20N2O4S. The molecule has 0 saturated heterocycles. The molecule has 0 bridgehead atoms. The number of ether oxygens (including phenoxy) is 1. The molecule has 0 saturated carbocycles. The number of rotatable bonds is 5. The van der Waals surface area contributed by atoms with Crippen molar-refractivity contribution in [1.29, 1.82) is 0 Å². The molecule has 1 aliphatic rings. The van der Waals surface area contributed by atoms with Crippen LogP contribution >= 0.6 is 0 Å². The molecule has 1 heterocycles. The molecule has 0 aliphatic carbocycles. The summed E-state index contributed by atoms with van der Waals surface area (Å²) in [4.78, 5) is 11.0. The number of aryl methyl sites for hydroxylation is 2. The van der Waals surface area contributed by atoms with Gasteiger partial charge in [-0.3, -0.25) is 9.10 Å². The minimum Gasteiger partial charge on any atom is -0.484 e. The van der Waals surface area contributed by atoms with E-state index in [1.165, 1.54) is 10.4 Å². The van der Waals surface area contributed by atoms with Crippen molar-refractivity contribution < 1.29 is 17.9 Å². The second-order valence-corrected chi connectivity index (χ2v) is 7.85. The van der Waals surface area contributed by atoms with Gasteiger partial charge in [-0.15, -0.1) is 0 Å². The molecule has 0 radical (unpaired) electrons. The van der Waals surface area contributed by atoms with E-state index in [1.807, 2.05) is 24.3 Å². The van der Waals surface area contributed by atoms with Crippen LogP contribution < -0.4 is 14.8 Å². The summed E-state index contributed by atoms with van der Waals surface area (Å²) in [6.07, 6.45) is 1.66. The monoisotopic (exact) mass is 360 g/mol. The molecule has 6 nitrogen and oxygen atoms in total. The summed E-state index contributed by atoms with van der Waals surface area (Å²) >= 11 is 0. The van der Waals surface area contributed by atoms with Gasteiger partial charge in [0.05, 0.1) is 10.6 Å². The lowest BCUT2D eigenvalue weighted by molar-refractivity contribution is -0.119. The number of sulfonamides is 1. The summed E-state index contributed by atoms with van der Waals surface area (Å²) in [6, 6.07) is 12.2. The van der Waals surface area contributed by atoms with E-state index in [-0.39, 0.29) is 11.5 Å². The van der Waals surface area contributed by atoms with Crippen LogP contribution in [0, 0.1) is 6.92 Å². The fourth-order valence-electron chi connectivity index (χ4n) is 2.97. The first-order valence-corrected chi connectivity index (χ1v) is 9.46. The SMILES string of the molecule is Cc1cc(S(=O)(=O)N2CCCc3ccccc32)ccc1OCC(N)=O. The van der Waals surface area contributed by atoms with Crippen molar-refractivity contribution in [3.8, 4) is 5.75 Å². The van der Waals surface area contributed by atoms with Gasteiger partial charge in [0.25, 0.3) is 15.9 Å². The highest BCUT2D eigenvalue weighted by atomic mass is 32.2. The number of nitrogens with two attached hydrogens (primary N) is 1. The van der Waals surface area contributed by atoms with Crippen LogP contribution in [0.25, 0.3) is 0 Å². The van der Waals surface area contributed by atoms with Crippen molar-refractivity contribution in [1.82, 2.24) is 0 Å². The summed E-state index contributed by atoms with van der Waals surface area (Å²) in [5, 5.41) is 0. The summed E-state index contributed by atoms with van der Waals surface area (Å²) in [6.45, 7) is 1.95. The van der Waals surface area contributed by atoms with Gasteiger partial charge in [-0.1, -0.05) is 18.2 Å². The van der Waals surface area contributed by atoms with Gasteiger partial charge >= 0.3 is 0 Å². The van der Waals surface area contributed by atoms with Gasteiger partial charge in [0.15, 0.2) is 6.61 Å². The quantitative estimate of drug-likeness (QED) is 0.883. The number of hydrogen-bond acceptors (Lipinski definition) is 4. The zero-order chi connectivity index (χ0) is 18.0. The number of carbonyl (C=O) groups is 1. The molecule has 132 valence electrons. The average molecular weight is 360 g/mol. The molecule has 7 heteroatoms. The maximum atomic E-state index is 13.1. The van der Waals surface area contributed by atoms with Gasteiger partial charge in [0, 0.05) is 6.54 Å². The van der Waals surface area contributed by atoms with Gasteiger partial charge in [0.2, 0.25) is 0 Å². The summed E-state index contributed by atoms with van der Waals surface area (Å²) in [5.74, 6) is -0.141. The Labute approximate surface area is 147 Å². The molecule has 2 N–H and O–H groups in total. The predicted molar refractivity (Wildman–Crippen MR) is 95.2 cm³/mol. The van der Waals surface area contributed by atoms with Crippen molar-refractivity contribution in [3.63, 3.8) is 0 Å². The fourth-order valence-corrected chi connectivity index (χ4v) is 4.60. The van der Waals surface area contributed by atoms with E-state index in [4.69, 9.17) is 10.5 Å². The summed E-state index contributed by atoms with van der Waals surface area (Å²) in [7, 11) is -3.66. The number of benzene rings is 2. The molecule has 1 aliphatic heterocycles. The molecule has 0 aromatic heterocycles. The third-order valence-electron chi connectivity index (χ3n) is 4.17. The van der Waals surface area contributed by atoms with Crippen LogP contribution in [0.4, 0.5) is 5.69 Å². The van der Waals surface area contributed by atoms with Gasteiger partial charge in [-0.2, -0.15) is 0 Å². The number of carbonyl (C=O) groups excluding carboxylic acids is 1. The molecule has 0 spiro atoms. The van der Waals surface area contributed by atoms with E-state index in [9.17, 15) is 13.2 Å². The van der Waals surface area contributed by atoms with Crippen LogP contribution in [0.5, 0.6) is 5.75 Å². The van der Waals surface area contributed by atoms with Crippen LogP contribution in [0.15, 0.2) is 47.4 Å². The van der Waals surface area contributed by atoms with Crippen molar-refractivity contribution in [2.24, 2.45) is 5.73 Å². The summed E-state index contributed by atoms with van der Waals surface area (Å²) in [5.41, 5.74) is 7.47. The molecule has 0 atom stereocenters. The van der Waals surface area contributed by atoms with Crippen LogP contribution in [0.2, 0.25) is 0 Å². The van der Waals surface area contributed by atoms with Crippen LogP contribution in [-0.4, -0.2) is 27.5 Å². The first-order valence-electron chi connectivity index (χ1n) is 8.02. The first kappa shape index (κ1) is 17.3. The minimum atomic E-state index is -3.66.